The van der Waals surface area contributed by atoms with E-state index in [2.05, 4.69) is 19.8 Å². The summed E-state index contributed by atoms with van der Waals surface area (Å²) in [5, 5.41) is 10.1. The second-order valence-electron chi connectivity index (χ2n) is 9.35. The number of rotatable bonds is 0. The predicted molar refractivity (Wildman–Crippen MR) is 90.4 cm³/mol. The summed E-state index contributed by atoms with van der Waals surface area (Å²) in [5.74, 6) is 6.16. The highest BCUT2D eigenvalue weighted by Gasteiger charge is 2.62. The molecule has 4 saturated carbocycles. The second kappa shape index (κ2) is 5.09. The molecule has 2 heteroatoms. The van der Waals surface area contributed by atoms with Crippen LogP contribution in [0, 0.1) is 52.8 Å². The van der Waals surface area contributed by atoms with E-state index in [0.29, 0.717) is 40.8 Å². The van der Waals surface area contributed by atoms with Crippen molar-refractivity contribution in [2.24, 2.45) is 40.4 Å². The lowest BCUT2D eigenvalue weighted by molar-refractivity contribution is -0.148. The van der Waals surface area contributed by atoms with Gasteiger partial charge in [-0.2, -0.15) is 0 Å². The first-order valence-electron chi connectivity index (χ1n) is 9.57. The largest absolute Gasteiger partial charge is 0.393 e. The van der Waals surface area contributed by atoms with Gasteiger partial charge in [-0.15, -0.1) is 12.3 Å². The minimum Gasteiger partial charge on any atom is -0.393 e. The fourth-order valence-corrected chi connectivity index (χ4v) is 7.19. The van der Waals surface area contributed by atoms with Crippen LogP contribution in [0.2, 0.25) is 0 Å². The summed E-state index contributed by atoms with van der Waals surface area (Å²) < 4.78 is 0. The van der Waals surface area contributed by atoms with Gasteiger partial charge in [0.05, 0.1) is 6.10 Å². The van der Waals surface area contributed by atoms with Crippen LogP contribution in [-0.2, 0) is 4.79 Å². The molecule has 0 radical (unpaired) electrons. The summed E-state index contributed by atoms with van der Waals surface area (Å²) >= 11 is 0. The van der Waals surface area contributed by atoms with Crippen molar-refractivity contribution in [2.45, 2.75) is 71.3 Å². The van der Waals surface area contributed by atoms with E-state index in [9.17, 15) is 9.90 Å². The minimum absolute atomic E-state index is 0.104. The fourth-order valence-electron chi connectivity index (χ4n) is 7.19. The SMILES string of the molecule is C#CC1CC2CC(O)CC[C@]2(C)[C@@H]2CC[C@]3(C)C(=O)CC[C@H]3[C@H]12. The van der Waals surface area contributed by atoms with Crippen molar-refractivity contribution in [3.8, 4) is 12.3 Å². The summed E-state index contributed by atoms with van der Waals surface area (Å²) in [7, 11) is 0. The maximum absolute atomic E-state index is 12.5. The molecule has 0 heterocycles. The molecule has 4 aliphatic rings. The number of fused-ring (bicyclic) bond motifs is 5. The zero-order chi connectivity index (χ0) is 16.4. The number of Topliss-reactive ketones (excluding diaryl/α,β-unsaturated/α-hetero) is 1. The third-order valence-corrected chi connectivity index (χ3v) is 8.61. The van der Waals surface area contributed by atoms with E-state index >= 15 is 0 Å². The lowest BCUT2D eigenvalue weighted by atomic mass is 9.43. The first-order chi connectivity index (χ1) is 10.9. The van der Waals surface area contributed by atoms with Gasteiger partial charge in [0.1, 0.15) is 5.78 Å². The highest BCUT2D eigenvalue weighted by molar-refractivity contribution is 5.87. The van der Waals surface area contributed by atoms with E-state index in [-0.39, 0.29) is 11.5 Å². The Hall–Kier alpha value is -0.810. The molecule has 23 heavy (non-hydrogen) atoms. The van der Waals surface area contributed by atoms with Crippen molar-refractivity contribution in [1.29, 1.82) is 0 Å². The molecule has 8 atom stereocenters. The standard InChI is InChI=1S/C21H30O2/c1-4-13-11-14-12-15(22)7-9-20(14,2)17-8-10-21(3)16(19(13)17)5-6-18(21)23/h1,13-17,19,22H,5-12H2,2-3H3/t13?,14?,15?,16-,17+,19-,20-,21-/m0/s1. The van der Waals surface area contributed by atoms with Crippen molar-refractivity contribution < 1.29 is 9.90 Å². The Morgan fingerprint density at radius 3 is 2.65 bits per heavy atom. The van der Waals surface area contributed by atoms with Crippen molar-refractivity contribution in [2.75, 3.05) is 0 Å². The molecule has 0 amide bonds. The number of hydrogen-bond donors (Lipinski definition) is 1. The van der Waals surface area contributed by atoms with Gasteiger partial charge in [-0.1, -0.05) is 13.8 Å². The average molecular weight is 314 g/mol. The molecule has 126 valence electrons. The number of carbonyl (C=O) groups is 1. The monoisotopic (exact) mass is 314 g/mol. The Bertz CT molecular complexity index is 561. The third kappa shape index (κ3) is 2.02. The molecule has 0 spiro atoms. The first-order valence-corrected chi connectivity index (χ1v) is 9.57. The zero-order valence-electron chi connectivity index (χ0n) is 14.6. The highest BCUT2D eigenvalue weighted by Crippen LogP contribution is 2.66. The molecular weight excluding hydrogens is 284 g/mol. The van der Waals surface area contributed by atoms with Gasteiger partial charge in [0.2, 0.25) is 0 Å². The van der Waals surface area contributed by atoms with Gasteiger partial charge in [-0.05, 0) is 74.0 Å². The smallest absolute Gasteiger partial charge is 0.139 e. The molecule has 1 N–H and O–H groups in total. The molecule has 0 bridgehead atoms. The maximum atomic E-state index is 12.5. The summed E-state index contributed by atoms with van der Waals surface area (Å²) in [5.41, 5.74) is 0.220. The van der Waals surface area contributed by atoms with Crippen LogP contribution < -0.4 is 0 Å². The van der Waals surface area contributed by atoms with Crippen LogP contribution in [0.1, 0.15) is 65.2 Å². The molecule has 0 aromatic rings. The van der Waals surface area contributed by atoms with Gasteiger partial charge in [0, 0.05) is 17.8 Å². The van der Waals surface area contributed by atoms with Crippen molar-refractivity contribution >= 4 is 5.78 Å². The lowest BCUT2D eigenvalue weighted by Gasteiger charge is -2.61. The molecule has 4 rings (SSSR count). The summed E-state index contributed by atoms with van der Waals surface area (Å²) in [6.07, 6.45) is 13.9. The second-order valence-corrected chi connectivity index (χ2v) is 9.35. The molecule has 0 aromatic carbocycles. The molecule has 2 nitrogen and oxygen atoms in total. The van der Waals surface area contributed by atoms with Crippen molar-refractivity contribution in [3.63, 3.8) is 0 Å². The van der Waals surface area contributed by atoms with E-state index < -0.39 is 0 Å². The van der Waals surface area contributed by atoms with Crippen LogP contribution in [0.5, 0.6) is 0 Å². The number of hydrogen-bond acceptors (Lipinski definition) is 2. The summed E-state index contributed by atoms with van der Waals surface area (Å²) in [6.45, 7) is 4.68. The average Bonchev–Trinajstić information content (AvgIpc) is 2.83. The number of aliphatic hydroxyl groups is 1. The van der Waals surface area contributed by atoms with E-state index in [1.165, 1.54) is 0 Å². The first kappa shape index (κ1) is 15.7. The Morgan fingerprint density at radius 1 is 1.13 bits per heavy atom. The van der Waals surface area contributed by atoms with Crippen molar-refractivity contribution in [1.82, 2.24) is 0 Å². The lowest BCUT2D eigenvalue weighted by Crippen LogP contribution is -2.56. The summed E-state index contributed by atoms with van der Waals surface area (Å²) in [4.78, 5) is 12.5. The Kier molecular flexibility index (Phi) is 3.48. The number of ketones is 1. The third-order valence-electron chi connectivity index (χ3n) is 8.61. The topological polar surface area (TPSA) is 37.3 Å². The van der Waals surface area contributed by atoms with Crippen LogP contribution in [-0.4, -0.2) is 17.0 Å². The molecule has 0 saturated heterocycles. The van der Waals surface area contributed by atoms with Crippen LogP contribution in [0.15, 0.2) is 0 Å². The number of carbonyl (C=O) groups excluding carboxylic acids is 1. The van der Waals surface area contributed by atoms with Crippen molar-refractivity contribution in [3.05, 3.63) is 0 Å². The molecule has 0 aromatic heterocycles. The highest BCUT2D eigenvalue weighted by atomic mass is 16.3. The predicted octanol–water partition coefficient (Wildman–Crippen LogP) is 3.82. The van der Waals surface area contributed by atoms with Gasteiger partial charge in [0.15, 0.2) is 0 Å². The number of aliphatic hydroxyl groups excluding tert-OH is 1. The van der Waals surface area contributed by atoms with Gasteiger partial charge < -0.3 is 5.11 Å². The Morgan fingerprint density at radius 2 is 1.91 bits per heavy atom. The Balaban J connectivity index is 1.72. The summed E-state index contributed by atoms with van der Waals surface area (Å²) in [6, 6.07) is 0. The van der Waals surface area contributed by atoms with Crippen LogP contribution in [0.3, 0.4) is 0 Å². The molecule has 4 aliphatic carbocycles. The molecule has 4 fully saturated rings. The normalized spacial score (nSPS) is 55.5. The molecule has 0 aliphatic heterocycles. The van der Waals surface area contributed by atoms with Gasteiger partial charge in [0.25, 0.3) is 0 Å². The molecular formula is C21H30O2. The van der Waals surface area contributed by atoms with Gasteiger partial charge in [-0.3, -0.25) is 4.79 Å². The maximum Gasteiger partial charge on any atom is 0.139 e. The van der Waals surface area contributed by atoms with Crippen LogP contribution >= 0.6 is 0 Å². The fraction of sp³-hybridized carbons (Fsp3) is 0.857. The van der Waals surface area contributed by atoms with E-state index in [4.69, 9.17) is 6.42 Å². The van der Waals surface area contributed by atoms with Crippen LogP contribution in [0.25, 0.3) is 0 Å². The van der Waals surface area contributed by atoms with Gasteiger partial charge in [-0.25, -0.2) is 0 Å². The minimum atomic E-state index is -0.134. The van der Waals surface area contributed by atoms with Gasteiger partial charge >= 0.3 is 0 Å². The van der Waals surface area contributed by atoms with E-state index in [0.717, 1.165) is 51.4 Å². The Labute approximate surface area is 140 Å². The van der Waals surface area contributed by atoms with E-state index in [1.807, 2.05) is 0 Å². The zero-order valence-corrected chi connectivity index (χ0v) is 14.6. The quantitative estimate of drug-likeness (QED) is 0.690. The number of terminal acetylenes is 1. The van der Waals surface area contributed by atoms with Crippen LogP contribution in [0.4, 0.5) is 0 Å². The van der Waals surface area contributed by atoms with E-state index in [1.54, 1.807) is 0 Å². The molecule has 3 unspecified atom stereocenters.